The summed E-state index contributed by atoms with van der Waals surface area (Å²) in [6, 6.07) is 9.41. The molecule has 0 spiro atoms. The van der Waals surface area contributed by atoms with Crippen LogP contribution >= 0.6 is 0 Å². The molecule has 1 saturated heterocycles. The molecule has 1 aromatic rings. The monoisotopic (exact) mass is 251 g/mol. The molecule has 2 rings (SSSR count). The van der Waals surface area contributed by atoms with Crippen LogP contribution < -0.4 is 15.0 Å². The van der Waals surface area contributed by atoms with Crippen LogP contribution in [0.25, 0.3) is 0 Å². The average Bonchev–Trinajstić information content (AvgIpc) is 2.38. The van der Waals surface area contributed by atoms with Crippen molar-refractivity contribution in [2.75, 3.05) is 32.8 Å². The van der Waals surface area contributed by atoms with Crippen LogP contribution in [-0.4, -0.2) is 49.9 Å². The Morgan fingerprint density at radius 3 is 2.89 bits per heavy atom. The molecule has 1 fully saturated rings. The van der Waals surface area contributed by atoms with Gasteiger partial charge in [0.25, 0.3) is 5.91 Å². The lowest BCUT2D eigenvalue weighted by atomic mass is 10.3. The number of quaternary nitrogens is 1. The summed E-state index contributed by atoms with van der Waals surface area (Å²) in [5.41, 5.74) is 0. The average molecular weight is 251 g/mol. The van der Waals surface area contributed by atoms with Gasteiger partial charge in [0.15, 0.2) is 6.54 Å². The molecule has 0 radical (unpaired) electrons. The van der Waals surface area contributed by atoms with Crippen LogP contribution in [0.15, 0.2) is 30.3 Å². The van der Waals surface area contributed by atoms with Crippen LogP contribution in [0.4, 0.5) is 0 Å². The van der Waals surface area contributed by atoms with Gasteiger partial charge in [-0.15, -0.1) is 0 Å². The second-order valence-corrected chi connectivity index (χ2v) is 4.51. The van der Waals surface area contributed by atoms with E-state index in [-0.39, 0.29) is 12.5 Å². The molecule has 5 heteroatoms. The number of hydrogen-bond donors (Lipinski definition) is 3. The quantitative estimate of drug-likeness (QED) is 0.593. The Hall–Kier alpha value is -1.59. The number of carbonyl (C=O) groups is 1. The van der Waals surface area contributed by atoms with E-state index >= 15 is 0 Å². The fourth-order valence-corrected chi connectivity index (χ4v) is 2.03. The number of nitrogens with one attached hydrogen (secondary N) is 2. The third-order valence-electron chi connectivity index (χ3n) is 2.92. The Kier molecular flexibility index (Phi) is 4.55. The largest absolute Gasteiger partial charge is 0.491 e. The van der Waals surface area contributed by atoms with Crippen molar-refractivity contribution in [3.8, 4) is 5.75 Å². The number of benzene rings is 1. The van der Waals surface area contributed by atoms with E-state index in [0.717, 1.165) is 17.2 Å². The molecule has 1 aliphatic rings. The highest BCUT2D eigenvalue weighted by Crippen LogP contribution is 2.08. The van der Waals surface area contributed by atoms with E-state index in [4.69, 9.17) is 4.74 Å². The van der Waals surface area contributed by atoms with E-state index in [0.29, 0.717) is 19.6 Å². The minimum absolute atomic E-state index is 0.0485. The molecule has 1 unspecified atom stereocenters. The summed E-state index contributed by atoms with van der Waals surface area (Å²) in [5, 5.41) is 12.6. The number of ether oxygens (including phenoxy) is 1. The zero-order chi connectivity index (χ0) is 12.8. The third kappa shape index (κ3) is 4.01. The zero-order valence-electron chi connectivity index (χ0n) is 10.3. The van der Waals surface area contributed by atoms with Crippen LogP contribution in [0, 0.1) is 0 Å². The molecule has 0 aromatic heterocycles. The van der Waals surface area contributed by atoms with Gasteiger partial charge in [0, 0.05) is 0 Å². The molecule has 1 aliphatic heterocycles. The second-order valence-electron chi connectivity index (χ2n) is 4.51. The van der Waals surface area contributed by atoms with E-state index in [2.05, 4.69) is 5.32 Å². The molecular formula is C13H19N2O3+. The van der Waals surface area contributed by atoms with Crippen molar-refractivity contribution in [3.05, 3.63) is 30.3 Å². The predicted molar refractivity (Wildman–Crippen MR) is 66.5 cm³/mol. The first-order valence-electron chi connectivity index (χ1n) is 6.20. The summed E-state index contributed by atoms with van der Waals surface area (Å²) in [6.07, 6.45) is -0.550. The fourth-order valence-electron chi connectivity index (χ4n) is 2.03. The second kappa shape index (κ2) is 6.37. The summed E-state index contributed by atoms with van der Waals surface area (Å²) >= 11 is 0. The van der Waals surface area contributed by atoms with Gasteiger partial charge < -0.3 is 20.1 Å². The van der Waals surface area contributed by atoms with Crippen molar-refractivity contribution >= 4 is 5.91 Å². The van der Waals surface area contributed by atoms with E-state index < -0.39 is 6.10 Å². The lowest BCUT2D eigenvalue weighted by molar-refractivity contribution is -0.896. The SMILES string of the molecule is O=C1C[NH+](C[C@@H](O)COc2ccccc2)CCN1. The minimum Gasteiger partial charge on any atom is -0.491 e. The summed E-state index contributed by atoms with van der Waals surface area (Å²) in [5.74, 6) is 0.801. The Morgan fingerprint density at radius 2 is 2.17 bits per heavy atom. The number of aliphatic hydroxyl groups is 1. The third-order valence-corrected chi connectivity index (χ3v) is 2.92. The van der Waals surface area contributed by atoms with E-state index in [1.165, 1.54) is 0 Å². The number of piperazine rings is 1. The van der Waals surface area contributed by atoms with Gasteiger partial charge in [0.1, 0.15) is 25.0 Å². The molecule has 1 amide bonds. The highest BCUT2D eigenvalue weighted by Gasteiger charge is 2.22. The van der Waals surface area contributed by atoms with Crippen LogP contribution in [0.2, 0.25) is 0 Å². The predicted octanol–water partition coefficient (Wildman–Crippen LogP) is -1.56. The van der Waals surface area contributed by atoms with E-state index in [1.54, 1.807) is 0 Å². The Morgan fingerprint density at radius 1 is 1.39 bits per heavy atom. The van der Waals surface area contributed by atoms with E-state index in [1.807, 2.05) is 30.3 Å². The fraction of sp³-hybridized carbons (Fsp3) is 0.462. The van der Waals surface area contributed by atoms with Crippen LogP contribution in [0.3, 0.4) is 0 Å². The molecule has 2 atom stereocenters. The van der Waals surface area contributed by atoms with Gasteiger partial charge >= 0.3 is 0 Å². The van der Waals surface area contributed by atoms with Gasteiger partial charge in [-0.1, -0.05) is 18.2 Å². The van der Waals surface area contributed by atoms with Gasteiger partial charge in [0.05, 0.1) is 13.1 Å². The lowest BCUT2D eigenvalue weighted by Gasteiger charge is -2.25. The molecule has 0 saturated carbocycles. The maximum absolute atomic E-state index is 11.2. The Labute approximate surface area is 106 Å². The molecule has 0 bridgehead atoms. The summed E-state index contributed by atoms with van der Waals surface area (Å²) in [4.78, 5) is 12.3. The smallest absolute Gasteiger partial charge is 0.275 e. The standard InChI is InChI=1S/C13H18N2O3/c16-11(8-15-7-6-14-13(17)9-15)10-18-12-4-2-1-3-5-12/h1-5,11,16H,6-10H2,(H,14,17)/p+1/t11-/m1/s1. The molecule has 18 heavy (non-hydrogen) atoms. The van der Waals surface area contributed by atoms with Crippen LogP contribution in [0.5, 0.6) is 5.75 Å². The maximum Gasteiger partial charge on any atom is 0.275 e. The molecule has 3 N–H and O–H groups in total. The van der Waals surface area contributed by atoms with Crippen LogP contribution in [-0.2, 0) is 4.79 Å². The summed E-state index contributed by atoms with van der Waals surface area (Å²) in [7, 11) is 0. The number of amides is 1. The highest BCUT2D eigenvalue weighted by atomic mass is 16.5. The van der Waals surface area contributed by atoms with Crippen molar-refractivity contribution in [1.82, 2.24) is 5.32 Å². The van der Waals surface area contributed by atoms with Crippen LogP contribution in [0.1, 0.15) is 0 Å². The topological polar surface area (TPSA) is 63.0 Å². The Bertz CT molecular complexity index is 383. The maximum atomic E-state index is 11.2. The summed E-state index contributed by atoms with van der Waals surface area (Å²) < 4.78 is 5.47. The first-order valence-corrected chi connectivity index (χ1v) is 6.20. The highest BCUT2D eigenvalue weighted by molar-refractivity contribution is 5.77. The van der Waals surface area contributed by atoms with Gasteiger partial charge in [-0.05, 0) is 12.1 Å². The van der Waals surface area contributed by atoms with Crippen molar-refractivity contribution in [3.63, 3.8) is 0 Å². The van der Waals surface area contributed by atoms with Crippen molar-refractivity contribution in [2.45, 2.75) is 6.10 Å². The van der Waals surface area contributed by atoms with Crippen molar-refractivity contribution in [2.24, 2.45) is 0 Å². The molecule has 1 aromatic carbocycles. The Balaban J connectivity index is 1.71. The van der Waals surface area contributed by atoms with Gasteiger partial charge in [-0.25, -0.2) is 0 Å². The summed E-state index contributed by atoms with van der Waals surface area (Å²) in [6.45, 7) is 2.77. The molecule has 0 aliphatic carbocycles. The first kappa shape index (κ1) is 12.9. The van der Waals surface area contributed by atoms with E-state index in [9.17, 15) is 9.90 Å². The number of hydrogen-bond acceptors (Lipinski definition) is 3. The number of carbonyl (C=O) groups excluding carboxylic acids is 1. The van der Waals surface area contributed by atoms with Gasteiger partial charge in [-0.2, -0.15) is 0 Å². The number of aliphatic hydroxyl groups excluding tert-OH is 1. The first-order chi connectivity index (χ1) is 8.74. The van der Waals surface area contributed by atoms with Gasteiger partial charge in [-0.3, -0.25) is 4.79 Å². The number of para-hydroxylation sites is 1. The minimum atomic E-state index is -0.550. The molecule has 1 heterocycles. The molecular weight excluding hydrogens is 232 g/mol. The molecule has 5 nitrogen and oxygen atoms in total. The number of rotatable bonds is 5. The normalized spacial score (nSPS) is 21.2. The lowest BCUT2D eigenvalue weighted by Crippen LogP contribution is -3.16. The van der Waals surface area contributed by atoms with Crippen molar-refractivity contribution in [1.29, 1.82) is 0 Å². The van der Waals surface area contributed by atoms with Gasteiger partial charge in [0.2, 0.25) is 0 Å². The zero-order valence-corrected chi connectivity index (χ0v) is 10.3. The van der Waals surface area contributed by atoms with Crippen molar-refractivity contribution < 1.29 is 19.5 Å². The molecule has 98 valence electrons.